The molecule has 1 aromatic carbocycles. The van der Waals surface area contributed by atoms with E-state index in [2.05, 4.69) is 0 Å². The third kappa shape index (κ3) is 1.32. The largest absolute Gasteiger partial charge is 0.204 e. The van der Waals surface area contributed by atoms with Gasteiger partial charge in [0.25, 0.3) is 0 Å². The summed E-state index contributed by atoms with van der Waals surface area (Å²) in [6.07, 6.45) is 0. The van der Waals surface area contributed by atoms with E-state index in [0.717, 1.165) is 4.70 Å². The molecule has 2 rings (SSSR count). The van der Waals surface area contributed by atoms with Crippen molar-refractivity contribution in [3.63, 3.8) is 0 Å². The fourth-order valence-electron chi connectivity index (χ4n) is 1.16. The van der Waals surface area contributed by atoms with Crippen molar-refractivity contribution in [1.29, 1.82) is 5.26 Å². The Morgan fingerprint density at radius 1 is 1.54 bits per heavy atom. The second-order valence-electron chi connectivity index (χ2n) is 2.49. The zero-order chi connectivity index (χ0) is 9.42. The molecule has 1 nitrogen and oxygen atoms in total. The quantitative estimate of drug-likeness (QED) is 0.683. The molecule has 0 fully saturated rings. The van der Waals surface area contributed by atoms with Crippen LogP contribution in [0.1, 0.15) is 5.56 Å². The highest BCUT2D eigenvalue weighted by molar-refractivity contribution is 14.1. The maximum absolute atomic E-state index is 13.4. The first-order valence-corrected chi connectivity index (χ1v) is 5.45. The lowest BCUT2D eigenvalue weighted by Gasteiger charge is -1.98. The van der Waals surface area contributed by atoms with Crippen molar-refractivity contribution in [3.05, 3.63) is 32.5 Å². The molecular formula is C9H3FINS. The van der Waals surface area contributed by atoms with Gasteiger partial charge in [0.2, 0.25) is 0 Å². The van der Waals surface area contributed by atoms with Gasteiger partial charge in [0.1, 0.15) is 6.07 Å². The molecule has 0 amide bonds. The lowest BCUT2D eigenvalue weighted by atomic mass is 10.1. The molecule has 0 aliphatic rings. The Balaban J connectivity index is 2.98. The molecule has 1 aromatic heterocycles. The van der Waals surface area contributed by atoms with Crippen LogP contribution in [0.3, 0.4) is 0 Å². The molecule has 64 valence electrons. The van der Waals surface area contributed by atoms with E-state index in [4.69, 9.17) is 5.26 Å². The van der Waals surface area contributed by atoms with E-state index in [1.165, 1.54) is 11.3 Å². The van der Waals surface area contributed by atoms with E-state index >= 15 is 0 Å². The van der Waals surface area contributed by atoms with Crippen LogP contribution in [0.25, 0.3) is 10.1 Å². The van der Waals surface area contributed by atoms with Gasteiger partial charge in [0.05, 0.1) is 9.13 Å². The summed E-state index contributed by atoms with van der Waals surface area (Å²) >= 11 is 3.42. The first kappa shape index (κ1) is 8.91. The molecular weight excluding hydrogens is 300 g/mol. The van der Waals surface area contributed by atoms with Gasteiger partial charge in [-0.05, 0) is 40.1 Å². The van der Waals surface area contributed by atoms with Gasteiger partial charge in [-0.3, -0.25) is 0 Å². The van der Waals surface area contributed by atoms with Crippen LogP contribution in [0.4, 0.5) is 4.39 Å². The minimum atomic E-state index is -0.408. The molecule has 0 aliphatic carbocycles. The van der Waals surface area contributed by atoms with Gasteiger partial charge in [-0.25, -0.2) is 4.39 Å². The summed E-state index contributed by atoms with van der Waals surface area (Å²) in [7, 11) is 0. The number of hydrogen-bond donors (Lipinski definition) is 0. The Bertz CT molecular complexity index is 512. The van der Waals surface area contributed by atoms with E-state index in [9.17, 15) is 4.39 Å². The third-order valence-corrected chi connectivity index (χ3v) is 3.41. The van der Waals surface area contributed by atoms with Crippen molar-refractivity contribution in [3.8, 4) is 6.07 Å². The summed E-state index contributed by atoms with van der Waals surface area (Å²) in [6.45, 7) is 0. The minimum absolute atomic E-state index is 0.156. The monoisotopic (exact) mass is 303 g/mol. The summed E-state index contributed by atoms with van der Waals surface area (Å²) < 4.78 is 14.8. The van der Waals surface area contributed by atoms with Crippen molar-refractivity contribution in [1.82, 2.24) is 0 Å². The normalized spacial score (nSPS) is 10.2. The predicted octanol–water partition coefficient (Wildman–Crippen LogP) is 3.52. The van der Waals surface area contributed by atoms with Crippen molar-refractivity contribution >= 4 is 44.0 Å². The Labute approximate surface area is 91.9 Å². The number of hydrogen-bond acceptors (Lipinski definition) is 2. The van der Waals surface area contributed by atoms with Crippen molar-refractivity contribution < 1.29 is 4.39 Å². The number of thiophene rings is 1. The highest BCUT2D eigenvalue weighted by Gasteiger charge is 2.11. The summed E-state index contributed by atoms with van der Waals surface area (Å²) in [4.78, 5) is 0. The number of nitriles is 1. The van der Waals surface area contributed by atoms with Gasteiger partial charge >= 0.3 is 0 Å². The van der Waals surface area contributed by atoms with Gasteiger partial charge in [0.15, 0.2) is 5.82 Å². The van der Waals surface area contributed by atoms with Gasteiger partial charge in [-0.15, -0.1) is 11.3 Å². The second-order valence-corrected chi connectivity index (χ2v) is 4.60. The molecule has 0 radical (unpaired) electrons. The van der Waals surface area contributed by atoms with Crippen LogP contribution < -0.4 is 0 Å². The van der Waals surface area contributed by atoms with Gasteiger partial charge < -0.3 is 0 Å². The molecule has 0 spiro atoms. The molecule has 13 heavy (non-hydrogen) atoms. The molecule has 0 aliphatic heterocycles. The predicted molar refractivity (Wildman–Crippen MR) is 59.2 cm³/mol. The highest BCUT2D eigenvalue weighted by atomic mass is 127. The summed E-state index contributed by atoms with van der Waals surface area (Å²) in [6, 6.07) is 5.43. The molecule has 0 atom stereocenters. The van der Waals surface area contributed by atoms with Gasteiger partial charge in [-0.1, -0.05) is 0 Å². The molecule has 4 heteroatoms. The van der Waals surface area contributed by atoms with E-state index < -0.39 is 5.82 Å². The summed E-state index contributed by atoms with van der Waals surface area (Å²) in [5.74, 6) is -0.408. The standard InChI is InChI=1S/C9H3FINS/c10-9-6(4-12)5-1-2-13-8(5)3-7(9)11/h1-3H. The Morgan fingerprint density at radius 2 is 2.31 bits per heavy atom. The Hall–Kier alpha value is -0.670. The fourth-order valence-corrected chi connectivity index (χ4v) is 2.79. The van der Waals surface area contributed by atoms with Crippen LogP contribution in [0.5, 0.6) is 0 Å². The van der Waals surface area contributed by atoms with Crippen LogP contribution in [-0.4, -0.2) is 0 Å². The number of benzene rings is 1. The number of halogens is 2. The van der Waals surface area contributed by atoms with Gasteiger partial charge in [0, 0.05) is 10.1 Å². The fraction of sp³-hybridized carbons (Fsp3) is 0. The average molecular weight is 303 g/mol. The molecule has 0 bridgehead atoms. The third-order valence-electron chi connectivity index (χ3n) is 1.76. The maximum Gasteiger partial charge on any atom is 0.154 e. The molecule has 0 saturated heterocycles. The maximum atomic E-state index is 13.4. The van der Waals surface area contributed by atoms with Gasteiger partial charge in [-0.2, -0.15) is 5.26 Å². The topological polar surface area (TPSA) is 23.8 Å². The lowest BCUT2D eigenvalue weighted by Crippen LogP contribution is -1.88. The smallest absolute Gasteiger partial charge is 0.154 e. The number of fused-ring (bicyclic) bond motifs is 1. The zero-order valence-electron chi connectivity index (χ0n) is 6.34. The van der Waals surface area contributed by atoms with Crippen LogP contribution in [-0.2, 0) is 0 Å². The van der Waals surface area contributed by atoms with Crippen molar-refractivity contribution in [2.24, 2.45) is 0 Å². The summed E-state index contributed by atoms with van der Waals surface area (Å²) in [5.41, 5.74) is 0.156. The number of nitrogens with zero attached hydrogens (tertiary/aromatic N) is 1. The first-order chi connectivity index (χ1) is 6.24. The van der Waals surface area contributed by atoms with Crippen LogP contribution in [0.15, 0.2) is 17.5 Å². The molecule has 2 aromatic rings. The highest BCUT2D eigenvalue weighted by Crippen LogP contribution is 2.29. The molecule has 1 heterocycles. The SMILES string of the molecule is N#Cc1c(F)c(I)cc2sccc12. The Kier molecular flexibility index (Phi) is 2.22. The van der Waals surface area contributed by atoms with E-state index in [1.807, 2.05) is 34.0 Å². The van der Waals surface area contributed by atoms with Crippen LogP contribution in [0.2, 0.25) is 0 Å². The van der Waals surface area contributed by atoms with Crippen molar-refractivity contribution in [2.75, 3.05) is 0 Å². The zero-order valence-corrected chi connectivity index (χ0v) is 9.32. The van der Waals surface area contributed by atoms with E-state index in [0.29, 0.717) is 8.96 Å². The summed E-state index contributed by atoms with van der Waals surface area (Å²) in [5, 5.41) is 11.3. The first-order valence-electron chi connectivity index (χ1n) is 3.49. The van der Waals surface area contributed by atoms with E-state index in [-0.39, 0.29) is 5.56 Å². The van der Waals surface area contributed by atoms with Crippen molar-refractivity contribution in [2.45, 2.75) is 0 Å². The molecule has 0 N–H and O–H groups in total. The molecule has 0 unspecified atom stereocenters. The lowest BCUT2D eigenvalue weighted by molar-refractivity contribution is 0.619. The average Bonchev–Trinajstić information content (AvgIpc) is 2.54. The van der Waals surface area contributed by atoms with Crippen LogP contribution in [0, 0.1) is 20.7 Å². The number of rotatable bonds is 0. The van der Waals surface area contributed by atoms with Crippen LogP contribution >= 0.6 is 33.9 Å². The molecule has 0 saturated carbocycles. The Morgan fingerprint density at radius 3 is 3.00 bits per heavy atom. The second kappa shape index (κ2) is 3.24. The van der Waals surface area contributed by atoms with E-state index in [1.54, 1.807) is 12.1 Å². The minimum Gasteiger partial charge on any atom is -0.204 e.